The smallest absolute Gasteiger partial charge is 0.340 e. The maximum Gasteiger partial charge on any atom is 0.340 e. The number of aromatic hydroxyl groups is 9. The Morgan fingerprint density at radius 3 is 1.62 bits per heavy atom. The van der Waals surface area contributed by atoms with Gasteiger partial charge in [-0.2, -0.15) is 0 Å². The Kier molecular flexibility index (Phi) is 6.22. The van der Waals surface area contributed by atoms with Crippen LogP contribution in [0.1, 0.15) is 42.7 Å². The third-order valence-electron chi connectivity index (χ3n) is 7.84. The van der Waals surface area contributed by atoms with E-state index in [4.69, 9.17) is 14.2 Å². The number of esters is 3. The molecule has 18 nitrogen and oxygen atoms in total. The number of cyclic esters (lactones) is 1. The molecule has 12 N–H and O–H groups in total. The molecule has 4 aliphatic heterocycles. The van der Waals surface area contributed by atoms with Crippen LogP contribution in [0.5, 0.6) is 51.7 Å². The highest BCUT2D eigenvalue weighted by atomic mass is 16.6. The highest BCUT2D eigenvalue weighted by molar-refractivity contribution is 6.16. The fourth-order valence-electron chi connectivity index (χ4n) is 5.73. The summed E-state index contributed by atoms with van der Waals surface area (Å²) < 4.78 is 15.7. The van der Waals surface area contributed by atoms with Crippen LogP contribution in [-0.4, -0.2) is 110 Å². The van der Waals surface area contributed by atoms with E-state index < -0.39 is 151 Å². The number of aliphatic hydroxyl groups excluding tert-OH is 3. The van der Waals surface area contributed by atoms with Crippen molar-refractivity contribution >= 4 is 17.9 Å². The summed E-state index contributed by atoms with van der Waals surface area (Å²) >= 11 is 0. The zero-order valence-electron chi connectivity index (χ0n) is 22.0. The number of fused-ring (bicyclic) bond motifs is 3. The highest BCUT2D eigenvalue weighted by Gasteiger charge is 2.53. The molecule has 3 aromatic rings. The standard InChI is InChI=1S/C27H20O18/c28-2-5-14(31)23-24-20(37)12-11(27(42)45-24)9(18(35)22(39)19(12)36)8-10(26(41)44-23)7(16(33)21(38)17(8)34)6-3(25(40)43-5)1-4(29)13(30)15(6)32/h1,5,14,20,23-24,28-39H,2H2/t5-,14-,20+,23+,24+/m1/s1. The molecule has 3 aromatic carbocycles. The van der Waals surface area contributed by atoms with Gasteiger partial charge >= 0.3 is 17.9 Å². The molecule has 0 saturated carbocycles. The minimum absolute atomic E-state index is 0.462. The first-order valence-electron chi connectivity index (χ1n) is 12.6. The number of rotatable bonds is 1. The second-order valence-corrected chi connectivity index (χ2v) is 10.2. The molecule has 0 unspecified atom stereocenters. The summed E-state index contributed by atoms with van der Waals surface area (Å²) in [6.45, 7) is -1.26. The van der Waals surface area contributed by atoms with E-state index in [1.54, 1.807) is 0 Å². The molecule has 7 rings (SSSR count). The van der Waals surface area contributed by atoms with Gasteiger partial charge in [-0.25, -0.2) is 14.4 Å². The SMILES string of the molecule is O=C1O[C@H](CO)[C@@H](O)[C@@H]2OC(=O)c3c(c(O)c(O)c(O)c3-c3c(O)c(O)c(O)c4c3C(=O)O[C@H]2[C@H]4O)-c2c1cc(O)c(O)c2O. The van der Waals surface area contributed by atoms with Gasteiger partial charge in [-0.15, -0.1) is 0 Å². The van der Waals surface area contributed by atoms with Crippen molar-refractivity contribution in [1.29, 1.82) is 0 Å². The molecule has 4 heterocycles. The number of carbonyl (C=O) groups excluding carboxylic acids is 3. The summed E-state index contributed by atoms with van der Waals surface area (Å²) in [6.07, 6.45) is -11.4. The first-order valence-corrected chi connectivity index (χ1v) is 12.6. The average molecular weight is 632 g/mol. The lowest BCUT2D eigenvalue weighted by atomic mass is 9.80. The molecule has 45 heavy (non-hydrogen) atoms. The number of ether oxygens (including phenoxy) is 3. The molecule has 236 valence electrons. The predicted octanol–water partition coefficient (Wildman–Crippen LogP) is -0.625. The van der Waals surface area contributed by atoms with Gasteiger partial charge < -0.3 is 75.5 Å². The van der Waals surface area contributed by atoms with Crippen molar-refractivity contribution in [2.45, 2.75) is 30.5 Å². The Morgan fingerprint density at radius 1 is 0.533 bits per heavy atom. The van der Waals surface area contributed by atoms with Crippen LogP contribution in [0.4, 0.5) is 0 Å². The van der Waals surface area contributed by atoms with Gasteiger partial charge in [-0.1, -0.05) is 0 Å². The van der Waals surface area contributed by atoms with E-state index in [0.717, 1.165) is 0 Å². The molecule has 0 amide bonds. The minimum atomic E-state index is -2.41. The van der Waals surface area contributed by atoms with Gasteiger partial charge in [-0.3, -0.25) is 0 Å². The maximum atomic E-state index is 14.0. The van der Waals surface area contributed by atoms with E-state index in [1.165, 1.54) is 0 Å². The Labute approximate surface area is 247 Å². The molecular formula is C27H20O18. The van der Waals surface area contributed by atoms with Crippen LogP contribution in [0, 0.1) is 0 Å². The summed E-state index contributed by atoms with van der Waals surface area (Å²) in [4.78, 5) is 40.9. The second kappa shape index (κ2) is 9.58. The topological polar surface area (TPSA) is 322 Å². The molecular weight excluding hydrogens is 612 g/mol. The number of aliphatic hydroxyl groups is 3. The fraction of sp³-hybridized carbons (Fsp3) is 0.222. The number of phenols is 9. The van der Waals surface area contributed by atoms with Crippen molar-refractivity contribution in [2.75, 3.05) is 6.61 Å². The monoisotopic (exact) mass is 632 g/mol. The third-order valence-corrected chi connectivity index (χ3v) is 7.84. The molecule has 6 bridgehead atoms. The number of hydrogen-bond donors (Lipinski definition) is 12. The summed E-state index contributed by atoms with van der Waals surface area (Å²) in [7, 11) is 0. The zero-order chi connectivity index (χ0) is 33.0. The summed E-state index contributed by atoms with van der Waals surface area (Å²) in [6, 6.07) is 0.462. The van der Waals surface area contributed by atoms with Crippen LogP contribution < -0.4 is 0 Å². The third kappa shape index (κ3) is 3.70. The van der Waals surface area contributed by atoms with Crippen LogP contribution in [0.15, 0.2) is 6.07 Å². The van der Waals surface area contributed by atoms with Crippen LogP contribution in [0.25, 0.3) is 22.3 Å². The van der Waals surface area contributed by atoms with Crippen molar-refractivity contribution in [2.24, 2.45) is 0 Å². The van der Waals surface area contributed by atoms with Crippen molar-refractivity contribution in [3.05, 3.63) is 28.3 Å². The number of hydrogen-bond acceptors (Lipinski definition) is 18. The number of benzene rings is 3. The average Bonchev–Trinajstić information content (AvgIpc) is 3.01. The van der Waals surface area contributed by atoms with Gasteiger partial charge in [0, 0.05) is 27.8 Å². The maximum absolute atomic E-state index is 14.0. The molecule has 0 spiro atoms. The van der Waals surface area contributed by atoms with E-state index in [2.05, 4.69) is 0 Å². The second-order valence-electron chi connectivity index (χ2n) is 10.2. The normalized spacial score (nSPS) is 23.4. The molecule has 5 atom stereocenters. The molecule has 0 radical (unpaired) electrons. The summed E-state index contributed by atoms with van der Waals surface area (Å²) in [5, 5.41) is 129. The van der Waals surface area contributed by atoms with Crippen molar-refractivity contribution < 1.29 is 89.9 Å². The molecule has 0 fully saturated rings. The molecule has 18 heteroatoms. The van der Waals surface area contributed by atoms with E-state index in [1.807, 2.05) is 0 Å². The van der Waals surface area contributed by atoms with Gasteiger partial charge in [0.15, 0.2) is 52.8 Å². The largest absolute Gasteiger partial charge is 0.504 e. The Bertz CT molecular complexity index is 1880. The predicted molar refractivity (Wildman–Crippen MR) is 138 cm³/mol. The lowest BCUT2D eigenvalue weighted by molar-refractivity contribution is -0.152. The zero-order valence-corrected chi connectivity index (χ0v) is 22.0. The van der Waals surface area contributed by atoms with Gasteiger partial charge in [0.1, 0.15) is 12.2 Å². The Hall–Kier alpha value is -5.85. The van der Waals surface area contributed by atoms with Gasteiger partial charge in [0.25, 0.3) is 0 Å². The van der Waals surface area contributed by atoms with E-state index in [-0.39, 0.29) is 0 Å². The highest BCUT2D eigenvalue weighted by Crippen LogP contribution is 2.61. The van der Waals surface area contributed by atoms with Crippen LogP contribution in [0.2, 0.25) is 0 Å². The van der Waals surface area contributed by atoms with Gasteiger partial charge in [0.2, 0.25) is 17.2 Å². The summed E-state index contributed by atoms with van der Waals surface area (Å²) in [5.74, 6) is -17.7. The quantitative estimate of drug-likeness (QED) is 0.0902. The van der Waals surface area contributed by atoms with Crippen LogP contribution in [-0.2, 0) is 14.2 Å². The Balaban J connectivity index is 1.94. The van der Waals surface area contributed by atoms with Crippen molar-refractivity contribution in [3.63, 3.8) is 0 Å². The Morgan fingerprint density at radius 2 is 1.02 bits per heavy atom. The first kappa shape index (κ1) is 29.2. The van der Waals surface area contributed by atoms with Gasteiger partial charge in [-0.05, 0) is 6.07 Å². The fourth-order valence-corrected chi connectivity index (χ4v) is 5.73. The van der Waals surface area contributed by atoms with Gasteiger partial charge in [0.05, 0.1) is 23.3 Å². The number of phenolic OH excluding ortho intramolecular Hbond substituents is 9. The van der Waals surface area contributed by atoms with E-state index in [0.29, 0.717) is 6.07 Å². The minimum Gasteiger partial charge on any atom is -0.504 e. The molecule has 0 aliphatic carbocycles. The molecule has 4 aliphatic rings. The van der Waals surface area contributed by atoms with Crippen molar-refractivity contribution in [1.82, 2.24) is 0 Å². The van der Waals surface area contributed by atoms with Crippen molar-refractivity contribution in [3.8, 4) is 74.0 Å². The molecule has 0 aromatic heterocycles. The van der Waals surface area contributed by atoms with Crippen LogP contribution in [0.3, 0.4) is 0 Å². The summed E-state index contributed by atoms with van der Waals surface area (Å²) in [5.41, 5.74) is -8.73. The van der Waals surface area contributed by atoms with Crippen LogP contribution >= 0.6 is 0 Å². The lowest BCUT2D eigenvalue weighted by Gasteiger charge is -2.39. The lowest BCUT2D eigenvalue weighted by Crippen LogP contribution is -2.54. The van der Waals surface area contributed by atoms with E-state index in [9.17, 15) is 75.7 Å². The number of carbonyl (C=O) groups is 3. The first-order chi connectivity index (χ1) is 21.1. The van der Waals surface area contributed by atoms with E-state index >= 15 is 0 Å². The molecule has 0 saturated heterocycles.